The molecule has 0 aliphatic carbocycles. The predicted octanol–water partition coefficient (Wildman–Crippen LogP) is 4.07. The van der Waals surface area contributed by atoms with E-state index in [1.54, 1.807) is 21.4 Å². The first kappa shape index (κ1) is 24.0. The Balaban J connectivity index is 1.56. The number of halogens is 1. The highest BCUT2D eigenvalue weighted by Crippen LogP contribution is 2.21. The van der Waals surface area contributed by atoms with E-state index in [1.165, 1.54) is 17.3 Å². The first-order valence-corrected chi connectivity index (χ1v) is 12.5. The Morgan fingerprint density at radius 1 is 1.09 bits per heavy atom. The maximum absolute atomic E-state index is 13.5. The van der Waals surface area contributed by atoms with Crippen molar-refractivity contribution in [2.45, 2.75) is 38.5 Å². The van der Waals surface area contributed by atoms with Crippen molar-refractivity contribution in [1.29, 1.82) is 0 Å². The molecule has 7 nitrogen and oxygen atoms in total. The molecule has 176 valence electrons. The lowest BCUT2D eigenvalue weighted by atomic mass is 10.1. The van der Waals surface area contributed by atoms with Crippen LogP contribution in [-0.2, 0) is 24.3 Å². The minimum Gasteiger partial charge on any atom is -0.355 e. The summed E-state index contributed by atoms with van der Waals surface area (Å²) in [6.07, 6.45) is 0.762. The molecule has 0 radical (unpaired) electrons. The first-order valence-electron chi connectivity index (χ1n) is 11.1. The molecular weight excluding hydrogens is 470 g/mol. The fourth-order valence-corrected chi connectivity index (χ4v) is 4.66. The zero-order valence-electron chi connectivity index (χ0n) is 19.1. The fourth-order valence-electron chi connectivity index (χ4n) is 3.71. The van der Waals surface area contributed by atoms with Crippen molar-refractivity contribution in [1.82, 2.24) is 24.6 Å². The second-order valence-electron chi connectivity index (χ2n) is 7.88. The summed E-state index contributed by atoms with van der Waals surface area (Å²) in [4.78, 5) is 30.8. The number of hydrogen-bond donors (Lipinski definition) is 1. The topological polar surface area (TPSA) is 81.8 Å². The summed E-state index contributed by atoms with van der Waals surface area (Å²) in [6.45, 7) is 5.23. The third-order valence-electron chi connectivity index (χ3n) is 5.45. The van der Waals surface area contributed by atoms with Crippen LogP contribution in [0.5, 0.6) is 0 Å². The van der Waals surface area contributed by atoms with Crippen molar-refractivity contribution in [2.24, 2.45) is 0 Å². The molecule has 0 spiro atoms. The fraction of sp³-hybridized carbons (Fsp3) is 0.280. The summed E-state index contributed by atoms with van der Waals surface area (Å²) < 4.78 is 3.30. The Morgan fingerprint density at radius 2 is 1.82 bits per heavy atom. The van der Waals surface area contributed by atoms with Crippen LogP contribution in [0.15, 0.2) is 64.5 Å². The van der Waals surface area contributed by atoms with Gasteiger partial charge in [0.15, 0.2) is 10.7 Å². The minimum atomic E-state index is -0.172. The molecule has 0 aliphatic heterocycles. The molecule has 0 saturated carbocycles. The number of hydrogen-bond acceptors (Lipinski definition) is 5. The van der Waals surface area contributed by atoms with Gasteiger partial charge in [-0.15, -0.1) is 0 Å². The summed E-state index contributed by atoms with van der Waals surface area (Å²) in [5, 5.41) is 8.54. The molecular formula is C25H26ClN5O2S. The number of fused-ring (bicyclic) bond motifs is 1. The van der Waals surface area contributed by atoms with Crippen LogP contribution in [-0.4, -0.2) is 37.5 Å². The van der Waals surface area contributed by atoms with Crippen LogP contribution < -0.4 is 10.9 Å². The van der Waals surface area contributed by atoms with Crippen LogP contribution in [0.3, 0.4) is 0 Å². The normalized spacial score (nSPS) is 11.1. The lowest BCUT2D eigenvalue weighted by molar-refractivity contribution is -0.118. The number of aromatic nitrogens is 4. The van der Waals surface area contributed by atoms with Gasteiger partial charge in [-0.25, -0.2) is 4.98 Å². The van der Waals surface area contributed by atoms with Crippen LogP contribution in [0, 0.1) is 6.92 Å². The molecule has 2 aromatic carbocycles. The summed E-state index contributed by atoms with van der Waals surface area (Å²) in [6, 6.07) is 17.4. The quantitative estimate of drug-likeness (QED) is 0.279. The van der Waals surface area contributed by atoms with Crippen LogP contribution in [0.1, 0.15) is 23.7 Å². The van der Waals surface area contributed by atoms with Crippen LogP contribution >= 0.6 is 23.4 Å². The smallest absolute Gasteiger partial charge is 0.280 e. The van der Waals surface area contributed by atoms with Gasteiger partial charge in [0.25, 0.3) is 5.56 Å². The van der Waals surface area contributed by atoms with E-state index in [1.807, 2.05) is 56.3 Å². The molecule has 0 saturated heterocycles. The van der Waals surface area contributed by atoms with Crippen molar-refractivity contribution >= 4 is 40.3 Å². The van der Waals surface area contributed by atoms with Gasteiger partial charge in [-0.05, 0) is 43.5 Å². The number of rotatable bonds is 9. The highest BCUT2D eigenvalue weighted by atomic mass is 35.5. The monoisotopic (exact) mass is 495 g/mol. The Morgan fingerprint density at radius 3 is 2.53 bits per heavy atom. The van der Waals surface area contributed by atoms with Crippen LogP contribution in [0.4, 0.5) is 0 Å². The third kappa shape index (κ3) is 5.51. The van der Waals surface area contributed by atoms with Gasteiger partial charge < -0.3 is 5.32 Å². The average Bonchev–Trinajstić information content (AvgIpc) is 3.17. The number of nitrogens with zero attached hydrogens (tertiary/aromatic N) is 4. The Labute approximate surface area is 207 Å². The highest BCUT2D eigenvalue weighted by Gasteiger charge is 2.19. The molecule has 4 rings (SSSR count). The highest BCUT2D eigenvalue weighted by molar-refractivity contribution is 7.99. The molecule has 4 aromatic rings. The Hall–Kier alpha value is -3.10. The van der Waals surface area contributed by atoms with Crippen molar-refractivity contribution in [2.75, 3.05) is 12.3 Å². The molecule has 2 aromatic heterocycles. The molecule has 0 aliphatic rings. The minimum absolute atomic E-state index is 0.103. The summed E-state index contributed by atoms with van der Waals surface area (Å²) in [5.74, 6) is 0.0585. The van der Waals surface area contributed by atoms with E-state index in [-0.39, 0.29) is 17.2 Å². The molecule has 0 bridgehead atoms. The van der Waals surface area contributed by atoms with E-state index in [2.05, 4.69) is 10.4 Å². The van der Waals surface area contributed by atoms with Crippen molar-refractivity contribution in [3.05, 3.63) is 86.8 Å². The standard InChI is InChI=1S/C25H26ClN5O2S/c1-3-31-23-22(17(2)29-31)28-25(30(24(23)33)15-19-9-11-20(26)12-10-19)34-16-21(32)27-14-13-18-7-5-4-6-8-18/h4-12H,3,13-16H2,1-2H3,(H,27,32). The van der Waals surface area contributed by atoms with E-state index in [0.29, 0.717) is 46.5 Å². The van der Waals surface area contributed by atoms with Gasteiger partial charge in [0.05, 0.1) is 18.0 Å². The van der Waals surface area contributed by atoms with Gasteiger partial charge in [0, 0.05) is 18.1 Å². The number of carbonyl (C=O) groups is 1. The molecule has 0 unspecified atom stereocenters. The second-order valence-corrected chi connectivity index (χ2v) is 9.26. The molecule has 0 atom stereocenters. The zero-order chi connectivity index (χ0) is 24.1. The van der Waals surface area contributed by atoms with Gasteiger partial charge >= 0.3 is 0 Å². The van der Waals surface area contributed by atoms with Crippen molar-refractivity contribution in [3.8, 4) is 0 Å². The SMILES string of the molecule is CCn1nc(C)c2nc(SCC(=O)NCCc3ccccc3)n(Cc3ccc(Cl)cc3)c(=O)c21. The Kier molecular flexibility index (Phi) is 7.70. The first-order chi connectivity index (χ1) is 16.5. The molecule has 1 amide bonds. The number of aryl methyl sites for hydroxylation is 2. The summed E-state index contributed by atoms with van der Waals surface area (Å²) >= 11 is 7.28. The number of nitrogens with one attached hydrogen (secondary N) is 1. The predicted molar refractivity (Wildman–Crippen MR) is 137 cm³/mol. The molecule has 2 heterocycles. The molecule has 34 heavy (non-hydrogen) atoms. The maximum Gasteiger partial charge on any atom is 0.280 e. The number of carbonyl (C=O) groups excluding carboxylic acids is 1. The largest absolute Gasteiger partial charge is 0.355 e. The van der Waals surface area contributed by atoms with E-state index >= 15 is 0 Å². The van der Waals surface area contributed by atoms with E-state index in [0.717, 1.165) is 12.0 Å². The van der Waals surface area contributed by atoms with Gasteiger partial charge in [-0.1, -0.05) is 65.8 Å². The second kappa shape index (κ2) is 10.9. The van der Waals surface area contributed by atoms with Crippen LogP contribution in [0.2, 0.25) is 5.02 Å². The van der Waals surface area contributed by atoms with E-state index < -0.39 is 0 Å². The summed E-state index contributed by atoms with van der Waals surface area (Å²) in [7, 11) is 0. The van der Waals surface area contributed by atoms with Crippen molar-refractivity contribution < 1.29 is 4.79 Å². The maximum atomic E-state index is 13.5. The molecule has 0 fully saturated rings. The molecule has 1 N–H and O–H groups in total. The van der Waals surface area contributed by atoms with Crippen molar-refractivity contribution in [3.63, 3.8) is 0 Å². The van der Waals surface area contributed by atoms with Gasteiger partial charge in [0.2, 0.25) is 5.91 Å². The van der Waals surface area contributed by atoms with E-state index in [4.69, 9.17) is 16.6 Å². The molecule has 9 heteroatoms. The van der Waals surface area contributed by atoms with Gasteiger partial charge in [-0.2, -0.15) is 5.10 Å². The number of thioether (sulfide) groups is 1. The van der Waals surface area contributed by atoms with Gasteiger partial charge in [0.1, 0.15) is 5.52 Å². The lowest BCUT2D eigenvalue weighted by Crippen LogP contribution is -2.29. The number of amides is 1. The number of benzene rings is 2. The third-order valence-corrected chi connectivity index (χ3v) is 6.67. The zero-order valence-corrected chi connectivity index (χ0v) is 20.7. The van der Waals surface area contributed by atoms with E-state index in [9.17, 15) is 9.59 Å². The van der Waals surface area contributed by atoms with Crippen LogP contribution in [0.25, 0.3) is 11.0 Å². The van der Waals surface area contributed by atoms with Gasteiger partial charge in [-0.3, -0.25) is 18.8 Å². The lowest BCUT2D eigenvalue weighted by Gasteiger charge is -2.13. The Bertz CT molecular complexity index is 1350. The average molecular weight is 496 g/mol. The summed E-state index contributed by atoms with van der Waals surface area (Å²) in [5.41, 5.74) is 3.66.